The average molecular weight is 695 g/mol. The first-order valence-corrected chi connectivity index (χ1v) is 17.8. The van der Waals surface area contributed by atoms with Gasteiger partial charge in [-0.3, -0.25) is 9.44 Å². The predicted molar refractivity (Wildman–Crippen MR) is 187 cm³/mol. The summed E-state index contributed by atoms with van der Waals surface area (Å²) in [5.74, 6) is 3.41. The average Bonchev–Trinajstić information content (AvgIpc) is 3.11. The largest absolute Gasteiger partial charge is 0.497 e. The highest BCUT2D eigenvalue weighted by atomic mass is 32.2. The maximum atomic E-state index is 13.6. The molecule has 0 heterocycles. The van der Waals surface area contributed by atoms with Crippen LogP contribution in [0.1, 0.15) is 0 Å². The molecule has 6 aromatic rings. The fourth-order valence-electron chi connectivity index (χ4n) is 4.57. The van der Waals surface area contributed by atoms with Crippen molar-refractivity contribution < 1.29 is 35.8 Å². The topological polar surface area (TPSA) is 129 Å². The zero-order valence-electron chi connectivity index (χ0n) is 26.0. The highest BCUT2D eigenvalue weighted by Crippen LogP contribution is 2.34. The Morgan fingerprint density at radius 1 is 0.388 bits per heavy atom. The molecule has 0 radical (unpaired) electrons. The second-order valence-corrected chi connectivity index (χ2v) is 13.8. The summed E-state index contributed by atoms with van der Waals surface area (Å²) in [6, 6.07) is 40.9. The van der Waals surface area contributed by atoms with Crippen LogP contribution >= 0.6 is 0 Å². The third-order valence-corrected chi connectivity index (χ3v) is 9.76. The zero-order valence-corrected chi connectivity index (χ0v) is 27.6. The molecule has 10 nitrogen and oxygen atoms in total. The minimum absolute atomic E-state index is 0.0284. The maximum Gasteiger partial charge on any atom is 0.261 e. The van der Waals surface area contributed by atoms with E-state index in [1.54, 1.807) is 55.6 Å². The van der Waals surface area contributed by atoms with Crippen molar-refractivity contribution in [1.29, 1.82) is 0 Å². The highest BCUT2D eigenvalue weighted by molar-refractivity contribution is 7.93. The van der Waals surface area contributed by atoms with E-state index in [1.807, 2.05) is 36.4 Å². The Morgan fingerprint density at radius 3 is 1.18 bits per heavy atom. The molecular formula is C37H30N2O8S2. The fourth-order valence-corrected chi connectivity index (χ4v) is 6.72. The van der Waals surface area contributed by atoms with Gasteiger partial charge >= 0.3 is 0 Å². The molecule has 2 N–H and O–H groups in total. The molecule has 6 rings (SSSR count). The molecule has 0 saturated carbocycles. The first-order chi connectivity index (χ1) is 23.7. The van der Waals surface area contributed by atoms with Crippen LogP contribution in [0.15, 0.2) is 161 Å². The maximum absolute atomic E-state index is 13.6. The first kappa shape index (κ1) is 32.9. The number of nitrogens with one attached hydrogen (secondary N) is 2. The normalized spacial score (nSPS) is 11.3. The van der Waals surface area contributed by atoms with E-state index in [0.717, 1.165) is 0 Å². The zero-order chi connectivity index (χ0) is 34.3. The molecule has 248 valence electrons. The molecule has 6 aromatic carbocycles. The molecule has 49 heavy (non-hydrogen) atoms. The van der Waals surface area contributed by atoms with Crippen molar-refractivity contribution >= 4 is 31.4 Å². The van der Waals surface area contributed by atoms with Crippen LogP contribution in [0.5, 0.6) is 40.2 Å². The predicted octanol–water partition coefficient (Wildman–Crippen LogP) is 8.67. The summed E-state index contributed by atoms with van der Waals surface area (Å²) in [7, 11) is -6.83. The van der Waals surface area contributed by atoms with Gasteiger partial charge in [-0.2, -0.15) is 0 Å². The minimum Gasteiger partial charge on any atom is -0.497 e. The molecular weight excluding hydrogens is 665 g/mol. The van der Waals surface area contributed by atoms with Crippen molar-refractivity contribution in [1.82, 2.24) is 0 Å². The standard InChI is InChI=1S/C37H30N2O8S2/c1-44-27-12-14-30(15-13-27)47-33-20-25-36(38-48(40,41)34-21-16-31(17-22-34)45-28-8-4-2-5-9-28)37(26-33)39-49(42,43)35-23-18-32(19-24-35)46-29-10-6-3-7-11-29/h2-26,38-39H,1H3. The second kappa shape index (κ2) is 14.4. The fraction of sp³-hybridized carbons (Fsp3) is 0.0270. The highest BCUT2D eigenvalue weighted by Gasteiger charge is 2.21. The molecule has 0 bridgehead atoms. The van der Waals surface area contributed by atoms with Gasteiger partial charge in [-0.15, -0.1) is 0 Å². The van der Waals surface area contributed by atoms with Crippen LogP contribution in [-0.2, 0) is 20.0 Å². The van der Waals surface area contributed by atoms with Crippen molar-refractivity contribution in [3.8, 4) is 40.2 Å². The van der Waals surface area contributed by atoms with Crippen molar-refractivity contribution in [2.45, 2.75) is 9.79 Å². The quantitative estimate of drug-likeness (QED) is 0.123. The van der Waals surface area contributed by atoms with E-state index >= 15 is 0 Å². The van der Waals surface area contributed by atoms with Gasteiger partial charge in [0, 0.05) is 6.07 Å². The monoisotopic (exact) mass is 694 g/mol. The number of sulfonamides is 2. The van der Waals surface area contributed by atoms with Crippen LogP contribution in [0.2, 0.25) is 0 Å². The van der Waals surface area contributed by atoms with Crippen LogP contribution in [0.3, 0.4) is 0 Å². The second-order valence-electron chi connectivity index (χ2n) is 10.5. The van der Waals surface area contributed by atoms with Crippen LogP contribution in [-0.4, -0.2) is 23.9 Å². The number of ether oxygens (including phenoxy) is 4. The van der Waals surface area contributed by atoms with Gasteiger partial charge in [0.2, 0.25) is 0 Å². The summed E-state index contributed by atoms with van der Waals surface area (Å²) < 4.78 is 81.9. The Kier molecular flexibility index (Phi) is 9.69. The summed E-state index contributed by atoms with van der Waals surface area (Å²) >= 11 is 0. The molecule has 0 spiro atoms. The number of hydrogen-bond acceptors (Lipinski definition) is 8. The van der Waals surface area contributed by atoms with Gasteiger partial charge in [-0.05, 0) is 109 Å². The van der Waals surface area contributed by atoms with E-state index < -0.39 is 20.0 Å². The number of benzene rings is 6. The third kappa shape index (κ3) is 8.49. The van der Waals surface area contributed by atoms with Crippen LogP contribution in [0, 0.1) is 0 Å². The Hall–Kier alpha value is -5.98. The lowest BCUT2D eigenvalue weighted by Gasteiger charge is -2.17. The van der Waals surface area contributed by atoms with E-state index in [-0.39, 0.29) is 26.9 Å². The molecule has 0 aromatic heterocycles. The molecule has 0 aliphatic rings. The van der Waals surface area contributed by atoms with Crippen molar-refractivity contribution in [2.75, 3.05) is 16.6 Å². The van der Waals surface area contributed by atoms with Gasteiger partial charge in [0.15, 0.2) is 0 Å². The number of anilines is 2. The van der Waals surface area contributed by atoms with E-state index in [9.17, 15) is 16.8 Å². The summed E-state index contributed by atoms with van der Waals surface area (Å²) in [5.41, 5.74) is -0.0949. The minimum atomic E-state index is -4.21. The van der Waals surface area contributed by atoms with Gasteiger partial charge in [-0.1, -0.05) is 36.4 Å². The van der Waals surface area contributed by atoms with Gasteiger partial charge in [0.1, 0.15) is 40.2 Å². The SMILES string of the molecule is COc1ccc(Oc2ccc(NS(=O)(=O)c3ccc(Oc4ccccc4)cc3)c(NS(=O)(=O)c3ccc(Oc4ccccc4)cc3)c2)cc1. The summed E-state index contributed by atoms with van der Waals surface area (Å²) in [5, 5.41) is 0. The van der Waals surface area contributed by atoms with E-state index in [1.165, 1.54) is 66.7 Å². The lowest BCUT2D eigenvalue weighted by Crippen LogP contribution is -2.17. The lowest BCUT2D eigenvalue weighted by atomic mass is 10.2. The Morgan fingerprint density at radius 2 is 0.735 bits per heavy atom. The van der Waals surface area contributed by atoms with E-state index in [2.05, 4.69) is 9.44 Å². The number of hydrogen-bond donors (Lipinski definition) is 2. The lowest BCUT2D eigenvalue weighted by molar-refractivity contribution is 0.413. The number of rotatable bonds is 13. The summed E-state index contributed by atoms with van der Waals surface area (Å²) in [6.45, 7) is 0. The van der Waals surface area contributed by atoms with Crippen LogP contribution in [0.4, 0.5) is 11.4 Å². The van der Waals surface area contributed by atoms with Crippen LogP contribution < -0.4 is 28.4 Å². The molecule has 0 aliphatic carbocycles. The molecule has 0 aliphatic heterocycles. The third-order valence-electron chi connectivity index (χ3n) is 7.00. The molecule has 0 unspecified atom stereocenters. The number of methoxy groups -OCH3 is 1. The molecule has 0 atom stereocenters. The summed E-state index contributed by atoms with van der Waals surface area (Å²) in [6.07, 6.45) is 0. The van der Waals surface area contributed by atoms with Gasteiger partial charge in [0.05, 0.1) is 28.3 Å². The molecule has 0 saturated heterocycles. The van der Waals surface area contributed by atoms with Gasteiger partial charge < -0.3 is 18.9 Å². The van der Waals surface area contributed by atoms with E-state index in [4.69, 9.17) is 18.9 Å². The molecule has 12 heteroatoms. The smallest absolute Gasteiger partial charge is 0.261 e. The van der Waals surface area contributed by atoms with Crippen molar-refractivity contribution in [3.63, 3.8) is 0 Å². The Labute approximate surface area is 284 Å². The Bertz CT molecular complexity index is 2230. The van der Waals surface area contributed by atoms with Crippen LogP contribution in [0.25, 0.3) is 0 Å². The number of para-hydroxylation sites is 2. The molecule has 0 fully saturated rings. The van der Waals surface area contributed by atoms with E-state index in [0.29, 0.717) is 34.5 Å². The Balaban J connectivity index is 1.26. The first-order valence-electron chi connectivity index (χ1n) is 14.8. The molecule has 0 amide bonds. The van der Waals surface area contributed by atoms with Crippen molar-refractivity contribution in [3.05, 3.63) is 152 Å². The van der Waals surface area contributed by atoms with Gasteiger partial charge in [0.25, 0.3) is 20.0 Å². The van der Waals surface area contributed by atoms with Gasteiger partial charge in [-0.25, -0.2) is 16.8 Å². The summed E-state index contributed by atoms with van der Waals surface area (Å²) in [4.78, 5) is -0.133. The van der Waals surface area contributed by atoms with Crippen molar-refractivity contribution in [2.24, 2.45) is 0 Å².